The van der Waals surface area contributed by atoms with E-state index < -0.39 is 4.92 Å². The summed E-state index contributed by atoms with van der Waals surface area (Å²) < 4.78 is 6.90. The maximum Gasteiger partial charge on any atom is 0.373 e. The normalized spacial score (nSPS) is 10.6. The third-order valence-corrected chi connectivity index (χ3v) is 4.75. The maximum atomic E-state index is 11.7. The summed E-state index contributed by atoms with van der Waals surface area (Å²) in [7, 11) is 0. The van der Waals surface area contributed by atoms with E-state index in [1.807, 2.05) is 60.7 Å². The molecule has 138 valence electrons. The monoisotopic (exact) mass is 484 g/mol. The van der Waals surface area contributed by atoms with Crippen LogP contribution in [0.3, 0.4) is 0 Å². The van der Waals surface area contributed by atoms with Gasteiger partial charge in [-0.3, -0.25) is 10.1 Å². The number of anilines is 2. The molecule has 4 aromatic rings. The van der Waals surface area contributed by atoms with Crippen molar-refractivity contribution >= 4 is 50.6 Å². The minimum absolute atomic E-state index is 0.0662. The van der Waals surface area contributed by atoms with Crippen molar-refractivity contribution in [2.45, 2.75) is 0 Å². The highest BCUT2D eigenvalue weighted by atomic mass is 127. The number of nitrogens with one attached hydrogen (secondary N) is 1. The zero-order valence-electron chi connectivity index (χ0n) is 14.4. The number of nitrogens with zero attached hydrogens (tertiary/aromatic N) is 3. The molecule has 0 saturated heterocycles. The topological polar surface area (TPSA) is 90.2 Å². The molecule has 0 fully saturated rings. The maximum absolute atomic E-state index is 11.7. The zero-order valence-corrected chi connectivity index (χ0v) is 16.5. The summed E-state index contributed by atoms with van der Waals surface area (Å²) in [6, 6.07) is 20.6. The third kappa shape index (κ3) is 3.72. The molecule has 8 heteroatoms. The van der Waals surface area contributed by atoms with E-state index >= 15 is 0 Å². The summed E-state index contributed by atoms with van der Waals surface area (Å²) in [6.07, 6.45) is 1.24. The third-order valence-electron chi connectivity index (χ3n) is 4.03. The molecule has 1 N–H and O–H groups in total. The Morgan fingerprint density at radius 1 is 0.964 bits per heavy atom. The highest BCUT2D eigenvalue weighted by Gasteiger charge is 2.25. The molecule has 4 rings (SSSR count). The average molecular weight is 484 g/mol. The minimum Gasteiger partial charge on any atom is -0.433 e. The average Bonchev–Trinajstić information content (AvgIpc) is 2.70. The standard InChI is InChI=1S/C20H13IN4O3/c21-14-8-10-15(11-9-14)24-19-18(25(26)27)20(23-12-22-19)28-17-7-3-5-13-4-1-2-6-16(13)17/h1-12H,(H,22,23,24). The van der Waals surface area contributed by atoms with Gasteiger partial charge in [-0.2, -0.15) is 4.98 Å². The highest BCUT2D eigenvalue weighted by Crippen LogP contribution is 2.37. The second kappa shape index (κ2) is 7.77. The predicted octanol–water partition coefficient (Wildman–Crippen LogP) is 5.68. The lowest BCUT2D eigenvalue weighted by molar-refractivity contribution is -0.385. The van der Waals surface area contributed by atoms with Gasteiger partial charge in [0.15, 0.2) is 0 Å². The van der Waals surface area contributed by atoms with Gasteiger partial charge < -0.3 is 10.1 Å². The van der Waals surface area contributed by atoms with Gasteiger partial charge in [-0.15, -0.1) is 0 Å². The molecule has 0 aliphatic carbocycles. The number of ether oxygens (including phenoxy) is 1. The Bertz CT molecular complexity index is 1160. The molecule has 0 bridgehead atoms. The molecule has 1 heterocycles. The highest BCUT2D eigenvalue weighted by molar-refractivity contribution is 14.1. The van der Waals surface area contributed by atoms with E-state index in [4.69, 9.17) is 4.74 Å². The molecule has 3 aromatic carbocycles. The second-order valence-corrected chi connectivity index (χ2v) is 7.09. The van der Waals surface area contributed by atoms with Gasteiger partial charge in [0.1, 0.15) is 12.1 Å². The van der Waals surface area contributed by atoms with Crippen LogP contribution in [0.5, 0.6) is 11.6 Å². The van der Waals surface area contributed by atoms with Gasteiger partial charge in [0.05, 0.1) is 4.92 Å². The van der Waals surface area contributed by atoms with Crippen molar-refractivity contribution in [2.24, 2.45) is 0 Å². The smallest absolute Gasteiger partial charge is 0.373 e. The van der Waals surface area contributed by atoms with Crippen molar-refractivity contribution in [1.29, 1.82) is 0 Å². The van der Waals surface area contributed by atoms with Crippen LogP contribution in [-0.4, -0.2) is 14.9 Å². The molecular formula is C20H13IN4O3. The number of benzene rings is 3. The van der Waals surface area contributed by atoms with E-state index in [2.05, 4.69) is 37.9 Å². The first-order valence-electron chi connectivity index (χ1n) is 8.29. The van der Waals surface area contributed by atoms with Gasteiger partial charge in [-0.05, 0) is 58.3 Å². The lowest BCUT2D eigenvalue weighted by atomic mass is 10.1. The summed E-state index contributed by atoms with van der Waals surface area (Å²) in [5, 5.41) is 16.5. The summed E-state index contributed by atoms with van der Waals surface area (Å²) in [4.78, 5) is 19.2. The first-order valence-corrected chi connectivity index (χ1v) is 9.37. The van der Waals surface area contributed by atoms with Crippen LogP contribution in [0.2, 0.25) is 0 Å². The first-order chi connectivity index (χ1) is 13.6. The first kappa shape index (κ1) is 18.1. The summed E-state index contributed by atoms with van der Waals surface area (Å²) >= 11 is 2.19. The van der Waals surface area contributed by atoms with E-state index in [0.29, 0.717) is 11.4 Å². The molecule has 0 spiro atoms. The van der Waals surface area contributed by atoms with Gasteiger partial charge in [0, 0.05) is 14.6 Å². The molecule has 28 heavy (non-hydrogen) atoms. The van der Waals surface area contributed by atoms with Crippen LogP contribution in [0.25, 0.3) is 10.8 Å². The SMILES string of the molecule is O=[N+]([O-])c1c(Nc2ccc(I)cc2)ncnc1Oc1cccc2ccccc12. The molecule has 0 amide bonds. The van der Waals surface area contributed by atoms with Crippen LogP contribution in [0.1, 0.15) is 0 Å². The lowest BCUT2D eigenvalue weighted by Gasteiger charge is -2.11. The van der Waals surface area contributed by atoms with Crippen molar-refractivity contribution in [3.8, 4) is 11.6 Å². The van der Waals surface area contributed by atoms with Crippen molar-refractivity contribution in [3.63, 3.8) is 0 Å². The van der Waals surface area contributed by atoms with E-state index in [1.54, 1.807) is 6.07 Å². The Balaban J connectivity index is 1.74. The lowest BCUT2D eigenvalue weighted by Crippen LogP contribution is -2.03. The number of nitro groups is 1. The Labute approximate surface area is 173 Å². The van der Waals surface area contributed by atoms with Crippen LogP contribution in [0, 0.1) is 13.7 Å². The van der Waals surface area contributed by atoms with Gasteiger partial charge in [-0.1, -0.05) is 36.4 Å². The van der Waals surface area contributed by atoms with Gasteiger partial charge in [0.25, 0.3) is 0 Å². The minimum atomic E-state index is -0.546. The largest absolute Gasteiger partial charge is 0.433 e. The number of hydrogen-bond acceptors (Lipinski definition) is 6. The number of fused-ring (bicyclic) bond motifs is 1. The van der Waals surface area contributed by atoms with E-state index in [-0.39, 0.29) is 17.4 Å². The number of halogens is 1. The summed E-state index contributed by atoms with van der Waals surface area (Å²) in [5.74, 6) is 0.431. The quantitative estimate of drug-likeness (QED) is 0.223. The number of hydrogen-bond donors (Lipinski definition) is 1. The second-order valence-electron chi connectivity index (χ2n) is 5.84. The zero-order chi connectivity index (χ0) is 19.5. The molecule has 0 saturated carbocycles. The van der Waals surface area contributed by atoms with Crippen LogP contribution >= 0.6 is 22.6 Å². The van der Waals surface area contributed by atoms with Crippen LogP contribution in [0.4, 0.5) is 17.2 Å². The molecule has 0 unspecified atom stereocenters. The van der Waals surface area contributed by atoms with Gasteiger partial charge in [0.2, 0.25) is 5.82 Å². The number of aromatic nitrogens is 2. The van der Waals surface area contributed by atoms with Crippen molar-refractivity contribution in [2.75, 3.05) is 5.32 Å². The van der Waals surface area contributed by atoms with E-state index in [9.17, 15) is 10.1 Å². The van der Waals surface area contributed by atoms with Crippen LogP contribution in [-0.2, 0) is 0 Å². The van der Waals surface area contributed by atoms with Crippen molar-refractivity contribution in [3.05, 3.63) is 86.7 Å². The van der Waals surface area contributed by atoms with Gasteiger partial charge in [-0.25, -0.2) is 4.98 Å². The fourth-order valence-corrected chi connectivity index (χ4v) is 3.11. The molecule has 0 radical (unpaired) electrons. The van der Waals surface area contributed by atoms with Crippen LogP contribution < -0.4 is 10.1 Å². The fraction of sp³-hybridized carbons (Fsp3) is 0. The van der Waals surface area contributed by atoms with Crippen molar-refractivity contribution < 1.29 is 9.66 Å². The van der Waals surface area contributed by atoms with E-state index in [0.717, 1.165) is 14.3 Å². The Morgan fingerprint density at radius 3 is 2.50 bits per heavy atom. The molecular weight excluding hydrogens is 471 g/mol. The fourth-order valence-electron chi connectivity index (χ4n) is 2.75. The molecule has 1 aromatic heterocycles. The van der Waals surface area contributed by atoms with Gasteiger partial charge >= 0.3 is 11.6 Å². The molecule has 0 aliphatic heterocycles. The van der Waals surface area contributed by atoms with Crippen LogP contribution in [0.15, 0.2) is 73.1 Å². The molecule has 0 aliphatic rings. The predicted molar refractivity (Wildman–Crippen MR) is 115 cm³/mol. The Hall–Kier alpha value is -3.27. The van der Waals surface area contributed by atoms with E-state index in [1.165, 1.54) is 6.33 Å². The summed E-state index contributed by atoms with van der Waals surface area (Å²) in [5.41, 5.74) is 0.354. The Kier molecular flexibility index (Phi) is 5.02. The molecule has 7 nitrogen and oxygen atoms in total. The molecule has 0 atom stereocenters. The summed E-state index contributed by atoms with van der Waals surface area (Å²) in [6.45, 7) is 0. The number of rotatable bonds is 5. The van der Waals surface area contributed by atoms with Crippen molar-refractivity contribution in [1.82, 2.24) is 9.97 Å². The Morgan fingerprint density at radius 2 is 1.71 bits per heavy atom.